The van der Waals surface area contributed by atoms with Crippen LogP contribution in [0.3, 0.4) is 0 Å². The Kier molecular flexibility index (Phi) is 3.85. The number of carbonyl (C=O) groups is 2. The van der Waals surface area contributed by atoms with Crippen LogP contribution in [0.15, 0.2) is 18.2 Å². The molecular formula is C14H18N2O3. The van der Waals surface area contributed by atoms with Crippen LogP contribution in [0.5, 0.6) is 0 Å². The smallest absolute Gasteiger partial charge is 0.327 e. The number of hydrogen-bond acceptors (Lipinski definition) is 4. The van der Waals surface area contributed by atoms with Gasteiger partial charge < -0.3 is 10.1 Å². The number of nitrogens with one attached hydrogen (secondary N) is 1. The Labute approximate surface area is 112 Å². The Morgan fingerprint density at radius 3 is 2.74 bits per heavy atom. The second kappa shape index (κ2) is 5.40. The number of ether oxygens (including phenoxy) is 1. The molecule has 19 heavy (non-hydrogen) atoms. The predicted octanol–water partition coefficient (Wildman–Crippen LogP) is 1.35. The van der Waals surface area contributed by atoms with Crippen molar-refractivity contribution < 1.29 is 14.3 Å². The third-order valence-corrected chi connectivity index (χ3v) is 3.28. The first-order valence-corrected chi connectivity index (χ1v) is 6.20. The van der Waals surface area contributed by atoms with Crippen molar-refractivity contribution in [3.05, 3.63) is 29.3 Å². The summed E-state index contributed by atoms with van der Waals surface area (Å²) in [4.78, 5) is 25.0. The number of fused-ring (bicyclic) bond motifs is 1. The second-order valence-corrected chi connectivity index (χ2v) is 4.85. The number of esters is 1. The summed E-state index contributed by atoms with van der Waals surface area (Å²) in [5.74, 6) is -0.248. The van der Waals surface area contributed by atoms with E-state index in [1.807, 2.05) is 37.2 Å². The van der Waals surface area contributed by atoms with Crippen molar-refractivity contribution in [3.63, 3.8) is 0 Å². The van der Waals surface area contributed by atoms with Crippen LogP contribution >= 0.6 is 0 Å². The minimum Gasteiger partial charge on any atom is -0.468 e. The van der Waals surface area contributed by atoms with Crippen molar-refractivity contribution in [1.29, 1.82) is 0 Å². The van der Waals surface area contributed by atoms with Crippen LogP contribution in [-0.4, -0.2) is 38.0 Å². The van der Waals surface area contributed by atoms with Crippen molar-refractivity contribution in [2.45, 2.75) is 18.9 Å². The molecule has 0 aromatic heterocycles. The summed E-state index contributed by atoms with van der Waals surface area (Å²) in [6.07, 6.45) is 1.19. The average molecular weight is 262 g/mol. The van der Waals surface area contributed by atoms with Gasteiger partial charge in [-0.25, -0.2) is 4.79 Å². The summed E-state index contributed by atoms with van der Waals surface area (Å²) in [5.41, 5.74) is 2.78. The highest BCUT2D eigenvalue weighted by molar-refractivity contribution is 5.94. The molecule has 5 nitrogen and oxygen atoms in total. The van der Waals surface area contributed by atoms with Gasteiger partial charge in [0, 0.05) is 12.1 Å². The van der Waals surface area contributed by atoms with E-state index in [0.29, 0.717) is 12.8 Å². The number of methoxy groups -OCH3 is 1. The Balaban J connectivity index is 2.35. The zero-order valence-corrected chi connectivity index (χ0v) is 11.4. The molecule has 102 valence electrons. The summed E-state index contributed by atoms with van der Waals surface area (Å²) in [6, 6.07) is 5.25. The molecule has 0 aliphatic carbocycles. The summed E-state index contributed by atoms with van der Waals surface area (Å²) in [7, 11) is 5.06. The fraction of sp³-hybridized carbons (Fsp3) is 0.429. The van der Waals surface area contributed by atoms with Crippen LogP contribution in [0, 0.1) is 0 Å². The highest BCUT2D eigenvalue weighted by Crippen LogP contribution is 2.28. The van der Waals surface area contributed by atoms with Crippen molar-refractivity contribution in [2.75, 3.05) is 26.5 Å². The van der Waals surface area contributed by atoms with Gasteiger partial charge in [-0.2, -0.15) is 0 Å². The topological polar surface area (TPSA) is 58.6 Å². The molecule has 1 amide bonds. The normalized spacial score (nSPS) is 15.7. The van der Waals surface area contributed by atoms with Gasteiger partial charge in [-0.05, 0) is 37.7 Å². The van der Waals surface area contributed by atoms with Gasteiger partial charge in [-0.15, -0.1) is 0 Å². The minimum atomic E-state index is -0.423. The number of amides is 1. The number of likely N-dealkylation sites (N-methyl/N-ethyl adjacent to an activating group) is 1. The van der Waals surface area contributed by atoms with E-state index in [-0.39, 0.29) is 11.9 Å². The van der Waals surface area contributed by atoms with Crippen LogP contribution in [-0.2, 0) is 20.7 Å². The van der Waals surface area contributed by atoms with Gasteiger partial charge in [-0.3, -0.25) is 9.69 Å². The molecule has 5 heteroatoms. The van der Waals surface area contributed by atoms with Gasteiger partial charge in [0.15, 0.2) is 0 Å². The van der Waals surface area contributed by atoms with Crippen LogP contribution < -0.4 is 5.32 Å². The standard InChI is InChI=1S/C14H18N2O3/c1-16(2)13(14(18)19-3)10-4-6-11-9(8-10)5-7-12(17)15-11/h4,6,8,13H,5,7H2,1-3H3,(H,15,17). The van der Waals surface area contributed by atoms with E-state index in [1.54, 1.807) is 0 Å². The molecule has 0 spiro atoms. The molecule has 1 aliphatic heterocycles. The molecule has 1 aromatic rings. The van der Waals surface area contributed by atoms with Crippen molar-refractivity contribution in [3.8, 4) is 0 Å². The first kappa shape index (κ1) is 13.5. The maximum Gasteiger partial charge on any atom is 0.327 e. The quantitative estimate of drug-likeness (QED) is 0.835. The molecule has 1 N–H and O–H groups in total. The van der Waals surface area contributed by atoms with E-state index in [1.165, 1.54) is 7.11 Å². The fourth-order valence-electron chi connectivity index (χ4n) is 2.33. The number of nitrogens with zero attached hydrogens (tertiary/aromatic N) is 1. The van der Waals surface area contributed by atoms with Crippen LogP contribution in [0.2, 0.25) is 0 Å². The zero-order valence-electron chi connectivity index (χ0n) is 11.4. The lowest BCUT2D eigenvalue weighted by molar-refractivity contribution is -0.146. The van der Waals surface area contributed by atoms with E-state index < -0.39 is 6.04 Å². The second-order valence-electron chi connectivity index (χ2n) is 4.85. The maximum atomic E-state index is 11.8. The van der Waals surface area contributed by atoms with E-state index >= 15 is 0 Å². The lowest BCUT2D eigenvalue weighted by Crippen LogP contribution is -2.29. The highest BCUT2D eigenvalue weighted by atomic mass is 16.5. The molecule has 1 aromatic carbocycles. The molecule has 0 bridgehead atoms. The summed E-state index contributed by atoms with van der Waals surface area (Å²) in [6.45, 7) is 0. The minimum absolute atomic E-state index is 0.0392. The first-order chi connectivity index (χ1) is 9.02. The molecule has 0 saturated heterocycles. The van der Waals surface area contributed by atoms with Gasteiger partial charge in [0.1, 0.15) is 6.04 Å². The van der Waals surface area contributed by atoms with Gasteiger partial charge in [0.2, 0.25) is 5.91 Å². The van der Waals surface area contributed by atoms with Gasteiger partial charge in [0.25, 0.3) is 0 Å². The van der Waals surface area contributed by atoms with E-state index in [0.717, 1.165) is 16.8 Å². The van der Waals surface area contributed by atoms with E-state index in [9.17, 15) is 9.59 Å². The van der Waals surface area contributed by atoms with Crippen LogP contribution in [0.4, 0.5) is 5.69 Å². The van der Waals surface area contributed by atoms with Gasteiger partial charge in [0.05, 0.1) is 7.11 Å². The number of rotatable bonds is 3. The van der Waals surface area contributed by atoms with Crippen LogP contribution in [0.1, 0.15) is 23.6 Å². The molecule has 1 unspecified atom stereocenters. The summed E-state index contributed by atoms with van der Waals surface area (Å²) >= 11 is 0. The first-order valence-electron chi connectivity index (χ1n) is 6.20. The maximum absolute atomic E-state index is 11.8. The number of anilines is 1. The number of hydrogen-bond donors (Lipinski definition) is 1. The zero-order chi connectivity index (χ0) is 14.0. The molecule has 0 saturated carbocycles. The van der Waals surface area contributed by atoms with Gasteiger partial charge >= 0.3 is 5.97 Å². The molecule has 1 aliphatic rings. The number of carbonyl (C=O) groups excluding carboxylic acids is 2. The summed E-state index contributed by atoms with van der Waals surface area (Å²) < 4.78 is 4.84. The lowest BCUT2D eigenvalue weighted by Gasteiger charge is -2.24. The van der Waals surface area contributed by atoms with Crippen molar-refractivity contribution in [2.24, 2.45) is 0 Å². The number of aryl methyl sites for hydroxylation is 1. The van der Waals surface area contributed by atoms with Crippen LogP contribution in [0.25, 0.3) is 0 Å². The van der Waals surface area contributed by atoms with Crippen molar-refractivity contribution in [1.82, 2.24) is 4.90 Å². The number of benzene rings is 1. The largest absolute Gasteiger partial charge is 0.468 e. The van der Waals surface area contributed by atoms with E-state index in [4.69, 9.17) is 4.74 Å². The molecule has 0 fully saturated rings. The monoisotopic (exact) mass is 262 g/mol. The Morgan fingerprint density at radius 2 is 2.11 bits per heavy atom. The van der Waals surface area contributed by atoms with Crippen molar-refractivity contribution >= 4 is 17.6 Å². The Hall–Kier alpha value is -1.88. The third kappa shape index (κ3) is 2.76. The average Bonchev–Trinajstić information content (AvgIpc) is 2.38. The Morgan fingerprint density at radius 1 is 1.37 bits per heavy atom. The van der Waals surface area contributed by atoms with E-state index in [2.05, 4.69) is 5.32 Å². The molecular weight excluding hydrogens is 244 g/mol. The lowest BCUT2D eigenvalue weighted by atomic mass is 9.97. The third-order valence-electron chi connectivity index (χ3n) is 3.28. The summed E-state index contributed by atoms with van der Waals surface area (Å²) in [5, 5.41) is 2.83. The molecule has 0 radical (unpaired) electrons. The fourth-order valence-corrected chi connectivity index (χ4v) is 2.33. The predicted molar refractivity (Wildman–Crippen MR) is 71.8 cm³/mol. The molecule has 2 rings (SSSR count). The Bertz CT molecular complexity index is 511. The SMILES string of the molecule is COC(=O)C(c1ccc2c(c1)CCC(=O)N2)N(C)C. The van der Waals surface area contributed by atoms with Gasteiger partial charge in [-0.1, -0.05) is 12.1 Å². The highest BCUT2D eigenvalue weighted by Gasteiger charge is 2.25. The molecule has 1 heterocycles. The molecule has 1 atom stereocenters.